The van der Waals surface area contributed by atoms with Crippen molar-refractivity contribution < 1.29 is 4.79 Å². The zero-order valence-electron chi connectivity index (χ0n) is 11.4. The molecule has 1 aliphatic rings. The summed E-state index contributed by atoms with van der Waals surface area (Å²) in [5.74, 6) is 1.25. The maximum atomic E-state index is 11.9. The van der Waals surface area contributed by atoms with Gasteiger partial charge in [0.25, 0.3) is 0 Å². The molecular formula is C14H20BrN3O. The quantitative estimate of drug-likeness (QED) is 0.928. The SMILES string of the molecule is CCNC(=O)C1CCCN(c2ncc(Br)cc2C)C1. The topological polar surface area (TPSA) is 45.2 Å². The van der Waals surface area contributed by atoms with E-state index in [0.717, 1.165) is 41.8 Å². The minimum Gasteiger partial charge on any atom is -0.356 e. The molecule has 1 unspecified atom stereocenters. The zero-order valence-corrected chi connectivity index (χ0v) is 13.0. The van der Waals surface area contributed by atoms with Crippen molar-refractivity contribution >= 4 is 27.7 Å². The summed E-state index contributed by atoms with van der Waals surface area (Å²) >= 11 is 3.43. The molecule has 1 aromatic rings. The van der Waals surface area contributed by atoms with Crippen LogP contribution in [0.5, 0.6) is 0 Å². The van der Waals surface area contributed by atoms with Crippen molar-refractivity contribution in [2.75, 3.05) is 24.5 Å². The Morgan fingerprint density at radius 2 is 2.42 bits per heavy atom. The van der Waals surface area contributed by atoms with Crippen LogP contribution in [0.2, 0.25) is 0 Å². The Morgan fingerprint density at radius 1 is 1.63 bits per heavy atom. The number of nitrogens with one attached hydrogen (secondary N) is 1. The second-order valence-electron chi connectivity index (χ2n) is 4.97. The van der Waals surface area contributed by atoms with Gasteiger partial charge < -0.3 is 10.2 Å². The van der Waals surface area contributed by atoms with Crippen molar-refractivity contribution in [2.45, 2.75) is 26.7 Å². The van der Waals surface area contributed by atoms with Crippen LogP contribution in [0.4, 0.5) is 5.82 Å². The fourth-order valence-electron chi connectivity index (χ4n) is 2.57. The Balaban J connectivity index is 2.10. The van der Waals surface area contributed by atoms with Gasteiger partial charge in [0.1, 0.15) is 5.82 Å². The molecule has 0 aliphatic carbocycles. The molecular weight excluding hydrogens is 306 g/mol. The Hall–Kier alpha value is -1.10. The van der Waals surface area contributed by atoms with Crippen LogP contribution in [0, 0.1) is 12.8 Å². The second kappa shape index (κ2) is 6.37. The van der Waals surface area contributed by atoms with Gasteiger partial charge in [-0.05, 0) is 54.2 Å². The summed E-state index contributed by atoms with van der Waals surface area (Å²) in [6, 6.07) is 2.07. The van der Waals surface area contributed by atoms with Gasteiger partial charge in [-0.15, -0.1) is 0 Å². The lowest BCUT2D eigenvalue weighted by atomic mass is 9.97. The molecule has 19 heavy (non-hydrogen) atoms. The number of amides is 1. The maximum absolute atomic E-state index is 11.9. The van der Waals surface area contributed by atoms with Crippen molar-refractivity contribution in [3.8, 4) is 0 Å². The van der Waals surface area contributed by atoms with Gasteiger partial charge in [0.15, 0.2) is 0 Å². The zero-order chi connectivity index (χ0) is 13.8. The number of carbonyl (C=O) groups is 1. The Labute approximate surface area is 122 Å². The molecule has 2 rings (SSSR count). The van der Waals surface area contributed by atoms with Crippen LogP contribution in [0.15, 0.2) is 16.7 Å². The molecule has 0 aromatic carbocycles. The van der Waals surface area contributed by atoms with Crippen LogP contribution < -0.4 is 10.2 Å². The lowest BCUT2D eigenvalue weighted by Gasteiger charge is -2.33. The molecule has 4 nitrogen and oxygen atoms in total. The number of halogens is 1. The standard InChI is InChI=1S/C14H20BrN3O/c1-3-16-14(19)11-5-4-6-18(9-11)13-10(2)7-12(15)8-17-13/h7-8,11H,3-6,9H2,1-2H3,(H,16,19). The van der Waals surface area contributed by atoms with E-state index in [1.165, 1.54) is 0 Å². The molecule has 1 aliphatic heterocycles. The molecule has 1 aromatic heterocycles. The van der Waals surface area contributed by atoms with E-state index >= 15 is 0 Å². The van der Waals surface area contributed by atoms with Crippen molar-refractivity contribution in [2.24, 2.45) is 5.92 Å². The Kier molecular flexibility index (Phi) is 4.80. The summed E-state index contributed by atoms with van der Waals surface area (Å²) in [6.07, 6.45) is 3.83. The summed E-state index contributed by atoms with van der Waals surface area (Å²) in [5, 5.41) is 2.92. The van der Waals surface area contributed by atoms with Gasteiger partial charge in [-0.3, -0.25) is 4.79 Å². The van der Waals surface area contributed by atoms with Crippen molar-refractivity contribution in [3.63, 3.8) is 0 Å². The predicted octanol–water partition coefficient (Wildman–Crippen LogP) is 2.51. The molecule has 0 bridgehead atoms. The normalized spacial score (nSPS) is 19.3. The minimum atomic E-state index is 0.0820. The van der Waals surface area contributed by atoms with E-state index in [1.54, 1.807) is 0 Å². The summed E-state index contributed by atoms with van der Waals surface area (Å²) in [5.41, 5.74) is 1.14. The van der Waals surface area contributed by atoms with Gasteiger partial charge in [0.05, 0.1) is 5.92 Å². The lowest BCUT2D eigenvalue weighted by molar-refractivity contribution is -0.125. The highest BCUT2D eigenvalue weighted by Crippen LogP contribution is 2.26. The Bertz CT molecular complexity index is 464. The number of hydrogen-bond donors (Lipinski definition) is 1. The molecule has 0 spiro atoms. The van der Waals surface area contributed by atoms with Crippen molar-refractivity contribution in [1.29, 1.82) is 0 Å². The number of anilines is 1. The average Bonchev–Trinajstić information content (AvgIpc) is 2.39. The number of aromatic nitrogens is 1. The number of hydrogen-bond acceptors (Lipinski definition) is 3. The molecule has 1 amide bonds. The summed E-state index contributed by atoms with van der Waals surface area (Å²) in [7, 11) is 0. The first-order valence-electron chi connectivity index (χ1n) is 6.76. The van der Waals surface area contributed by atoms with Crippen LogP contribution in [0.25, 0.3) is 0 Å². The third-order valence-corrected chi connectivity index (χ3v) is 3.89. The fourth-order valence-corrected chi connectivity index (χ4v) is 3.01. The van der Waals surface area contributed by atoms with Crippen LogP contribution in [0.3, 0.4) is 0 Å². The number of carbonyl (C=O) groups excluding carboxylic acids is 1. The third kappa shape index (κ3) is 3.47. The van der Waals surface area contributed by atoms with Crippen molar-refractivity contribution in [1.82, 2.24) is 10.3 Å². The number of piperidine rings is 1. The number of rotatable bonds is 3. The molecule has 1 atom stereocenters. The summed E-state index contributed by atoms with van der Waals surface area (Å²) < 4.78 is 0.992. The largest absolute Gasteiger partial charge is 0.356 e. The van der Waals surface area contributed by atoms with E-state index in [0.29, 0.717) is 6.54 Å². The first-order chi connectivity index (χ1) is 9.11. The summed E-state index contributed by atoms with van der Waals surface area (Å²) in [6.45, 7) is 6.46. The van der Waals surface area contributed by atoms with Gasteiger partial charge in [-0.25, -0.2) is 4.98 Å². The van der Waals surface area contributed by atoms with Gasteiger partial charge >= 0.3 is 0 Å². The predicted molar refractivity (Wildman–Crippen MR) is 80.3 cm³/mol. The second-order valence-corrected chi connectivity index (χ2v) is 5.89. The van der Waals surface area contributed by atoms with E-state index in [-0.39, 0.29) is 11.8 Å². The Morgan fingerprint density at radius 3 is 3.11 bits per heavy atom. The average molecular weight is 326 g/mol. The molecule has 2 heterocycles. The molecule has 1 N–H and O–H groups in total. The molecule has 5 heteroatoms. The highest BCUT2D eigenvalue weighted by atomic mass is 79.9. The first-order valence-corrected chi connectivity index (χ1v) is 7.56. The molecule has 104 valence electrons. The van der Waals surface area contributed by atoms with Crippen molar-refractivity contribution in [3.05, 3.63) is 22.3 Å². The van der Waals surface area contributed by atoms with E-state index < -0.39 is 0 Å². The molecule has 0 saturated carbocycles. The smallest absolute Gasteiger partial charge is 0.224 e. The number of pyridine rings is 1. The van der Waals surface area contributed by atoms with E-state index in [4.69, 9.17) is 0 Å². The van der Waals surface area contributed by atoms with Crippen LogP contribution in [-0.4, -0.2) is 30.5 Å². The fraction of sp³-hybridized carbons (Fsp3) is 0.571. The van der Waals surface area contributed by atoms with Crippen LogP contribution in [-0.2, 0) is 4.79 Å². The first kappa shape index (κ1) is 14.3. The van der Waals surface area contributed by atoms with E-state index in [2.05, 4.69) is 44.1 Å². The number of nitrogens with zero attached hydrogens (tertiary/aromatic N) is 2. The van der Waals surface area contributed by atoms with E-state index in [1.807, 2.05) is 13.1 Å². The molecule has 1 fully saturated rings. The molecule has 1 saturated heterocycles. The lowest BCUT2D eigenvalue weighted by Crippen LogP contribution is -2.43. The maximum Gasteiger partial charge on any atom is 0.224 e. The van der Waals surface area contributed by atoms with Crippen LogP contribution in [0.1, 0.15) is 25.3 Å². The van der Waals surface area contributed by atoms with Gasteiger partial charge in [0.2, 0.25) is 5.91 Å². The van der Waals surface area contributed by atoms with E-state index in [9.17, 15) is 4.79 Å². The van der Waals surface area contributed by atoms with Gasteiger partial charge in [0, 0.05) is 30.3 Å². The monoisotopic (exact) mass is 325 g/mol. The van der Waals surface area contributed by atoms with Gasteiger partial charge in [-0.2, -0.15) is 0 Å². The van der Waals surface area contributed by atoms with Crippen LogP contribution >= 0.6 is 15.9 Å². The highest BCUT2D eigenvalue weighted by molar-refractivity contribution is 9.10. The summed E-state index contributed by atoms with van der Waals surface area (Å²) in [4.78, 5) is 18.7. The number of aryl methyl sites for hydroxylation is 1. The third-order valence-electron chi connectivity index (χ3n) is 3.46. The minimum absolute atomic E-state index is 0.0820. The molecule has 0 radical (unpaired) electrons. The highest BCUT2D eigenvalue weighted by Gasteiger charge is 2.26. The van der Waals surface area contributed by atoms with Gasteiger partial charge in [-0.1, -0.05) is 0 Å².